The number of aromatic nitrogens is 1. The van der Waals surface area contributed by atoms with Crippen LogP contribution in [0.2, 0.25) is 0 Å². The van der Waals surface area contributed by atoms with Crippen molar-refractivity contribution in [2.24, 2.45) is 0 Å². The zero-order chi connectivity index (χ0) is 15.5. The van der Waals surface area contributed by atoms with Crippen LogP contribution in [0.25, 0.3) is 22.4 Å². The molecule has 3 rings (SSSR count). The van der Waals surface area contributed by atoms with Crippen molar-refractivity contribution in [3.8, 4) is 11.5 Å². The Morgan fingerprint density at radius 1 is 1.05 bits per heavy atom. The largest absolute Gasteiger partial charge is 0.493 e. The lowest BCUT2D eigenvalue weighted by atomic mass is 10.1. The van der Waals surface area contributed by atoms with Gasteiger partial charge in [-0.05, 0) is 42.8 Å². The Morgan fingerprint density at radius 3 is 2.68 bits per heavy atom. The molecule has 0 saturated heterocycles. The van der Waals surface area contributed by atoms with E-state index in [0.29, 0.717) is 0 Å². The molecule has 1 heterocycles. The lowest BCUT2D eigenvalue weighted by molar-refractivity contribution is 0.354. The van der Waals surface area contributed by atoms with Crippen molar-refractivity contribution in [3.63, 3.8) is 0 Å². The van der Waals surface area contributed by atoms with Gasteiger partial charge >= 0.3 is 0 Å². The Bertz CT molecular complexity index is 836. The molecular weight excluding hydrogens is 294 g/mol. The molecule has 112 valence electrons. The van der Waals surface area contributed by atoms with E-state index in [1.165, 1.54) is 10.3 Å². The molecule has 0 unspecified atom stereocenters. The van der Waals surface area contributed by atoms with E-state index in [4.69, 9.17) is 9.47 Å². The fourth-order valence-corrected chi connectivity index (χ4v) is 3.18. The number of benzene rings is 2. The maximum Gasteiger partial charge on any atom is 0.167 e. The van der Waals surface area contributed by atoms with E-state index in [2.05, 4.69) is 30.1 Å². The van der Waals surface area contributed by atoms with Gasteiger partial charge in [-0.2, -0.15) is 0 Å². The minimum absolute atomic E-state index is 0.726. The van der Waals surface area contributed by atoms with Gasteiger partial charge in [0.1, 0.15) is 5.01 Å². The average molecular weight is 311 g/mol. The SMILES string of the molecule is COc1cccc(/C=C/c2nc3cc(C)ccc3s2)c1OC. The highest BCUT2D eigenvalue weighted by Gasteiger charge is 2.07. The third kappa shape index (κ3) is 2.83. The van der Waals surface area contributed by atoms with Crippen LogP contribution < -0.4 is 9.47 Å². The van der Waals surface area contributed by atoms with E-state index in [0.717, 1.165) is 27.6 Å². The van der Waals surface area contributed by atoms with E-state index in [9.17, 15) is 0 Å². The molecule has 0 fully saturated rings. The van der Waals surface area contributed by atoms with E-state index in [-0.39, 0.29) is 0 Å². The second-order valence-electron chi connectivity index (χ2n) is 4.94. The molecule has 0 aliphatic rings. The van der Waals surface area contributed by atoms with Crippen LogP contribution in [-0.4, -0.2) is 19.2 Å². The Labute approximate surface area is 133 Å². The average Bonchev–Trinajstić information content (AvgIpc) is 2.94. The Morgan fingerprint density at radius 2 is 1.91 bits per heavy atom. The second-order valence-corrected chi connectivity index (χ2v) is 6.00. The Hall–Kier alpha value is -2.33. The highest BCUT2D eigenvalue weighted by Crippen LogP contribution is 2.32. The fourth-order valence-electron chi connectivity index (χ4n) is 2.33. The molecule has 4 heteroatoms. The smallest absolute Gasteiger partial charge is 0.167 e. The molecule has 0 spiro atoms. The molecular formula is C18H17NO2S. The van der Waals surface area contributed by atoms with Crippen molar-refractivity contribution in [2.75, 3.05) is 14.2 Å². The summed E-state index contributed by atoms with van der Waals surface area (Å²) < 4.78 is 12.0. The molecule has 0 atom stereocenters. The third-order valence-corrected chi connectivity index (χ3v) is 4.40. The molecule has 0 amide bonds. The molecule has 0 bridgehead atoms. The Balaban J connectivity index is 1.95. The number of nitrogens with zero attached hydrogens (tertiary/aromatic N) is 1. The van der Waals surface area contributed by atoms with Crippen LogP contribution >= 0.6 is 11.3 Å². The van der Waals surface area contributed by atoms with E-state index in [1.54, 1.807) is 25.6 Å². The van der Waals surface area contributed by atoms with Crippen molar-refractivity contribution in [1.82, 2.24) is 4.98 Å². The van der Waals surface area contributed by atoms with Gasteiger partial charge in [-0.15, -0.1) is 11.3 Å². The number of ether oxygens (including phenoxy) is 2. The van der Waals surface area contributed by atoms with Crippen molar-refractivity contribution in [3.05, 3.63) is 52.5 Å². The zero-order valence-corrected chi connectivity index (χ0v) is 13.6. The molecule has 3 nitrogen and oxygen atoms in total. The summed E-state index contributed by atoms with van der Waals surface area (Å²) >= 11 is 1.68. The van der Waals surface area contributed by atoms with Gasteiger partial charge in [0.25, 0.3) is 0 Å². The highest BCUT2D eigenvalue weighted by atomic mass is 32.1. The number of methoxy groups -OCH3 is 2. The first-order valence-corrected chi connectivity index (χ1v) is 7.79. The fraction of sp³-hybridized carbons (Fsp3) is 0.167. The number of para-hydroxylation sites is 1. The first-order valence-electron chi connectivity index (χ1n) is 6.97. The molecule has 0 saturated carbocycles. The zero-order valence-electron chi connectivity index (χ0n) is 12.8. The molecule has 0 aliphatic heterocycles. The van der Waals surface area contributed by atoms with Crippen LogP contribution in [0, 0.1) is 6.92 Å². The van der Waals surface area contributed by atoms with Crippen LogP contribution in [0.1, 0.15) is 16.1 Å². The lowest BCUT2D eigenvalue weighted by Gasteiger charge is -2.09. The predicted molar refractivity (Wildman–Crippen MR) is 92.8 cm³/mol. The summed E-state index contributed by atoms with van der Waals surface area (Å²) in [6.45, 7) is 2.08. The van der Waals surface area contributed by atoms with Crippen LogP contribution in [-0.2, 0) is 0 Å². The summed E-state index contributed by atoms with van der Waals surface area (Å²) in [5.41, 5.74) is 3.24. The van der Waals surface area contributed by atoms with Crippen molar-refractivity contribution >= 4 is 33.7 Å². The lowest BCUT2D eigenvalue weighted by Crippen LogP contribution is -1.92. The standard InChI is InChI=1S/C18H17NO2S/c1-12-7-9-16-14(11-12)19-17(22-16)10-8-13-5-4-6-15(20-2)18(13)21-3/h4-11H,1-3H3/b10-8+. The topological polar surface area (TPSA) is 31.4 Å². The van der Waals surface area contributed by atoms with Crippen molar-refractivity contribution in [2.45, 2.75) is 6.92 Å². The summed E-state index contributed by atoms with van der Waals surface area (Å²) in [5, 5.41) is 0.977. The van der Waals surface area contributed by atoms with Gasteiger partial charge < -0.3 is 9.47 Å². The third-order valence-electron chi connectivity index (χ3n) is 3.40. The number of aryl methyl sites for hydroxylation is 1. The molecule has 2 aromatic carbocycles. The van der Waals surface area contributed by atoms with E-state index < -0.39 is 0 Å². The van der Waals surface area contributed by atoms with Gasteiger partial charge in [-0.1, -0.05) is 18.2 Å². The summed E-state index contributed by atoms with van der Waals surface area (Å²) in [5.74, 6) is 1.46. The number of hydrogen-bond acceptors (Lipinski definition) is 4. The summed E-state index contributed by atoms with van der Waals surface area (Å²) in [4.78, 5) is 4.65. The molecule has 0 N–H and O–H groups in total. The second kappa shape index (κ2) is 6.20. The normalized spacial score (nSPS) is 11.2. The number of thiazole rings is 1. The summed E-state index contributed by atoms with van der Waals surface area (Å²) in [7, 11) is 3.29. The minimum atomic E-state index is 0.726. The molecule has 0 aliphatic carbocycles. The maximum atomic E-state index is 5.44. The van der Waals surface area contributed by atoms with Gasteiger partial charge in [0.2, 0.25) is 0 Å². The van der Waals surface area contributed by atoms with Gasteiger partial charge in [-0.25, -0.2) is 4.98 Å². The van der Waals surface area contributed by atoms with Crippen LogP contribution in [0.3, 0.4) is 0 Å². The quantitative estimate of drug-likeness (QED) is 0.694. The molecule has 0 radical (unpaired) electrons. The minimum Gasteiger partial charge on any atom is -0.493 e. The van der Waals surface area contributed by atoms with Crippen LogP contribution in [0.5, 0.6) is 11.5 Å². The Kier molecular flexibility index (Phi) is 4.11. The van der Waals surface area contributed by atoms with Crippen molar-refractivity contribution < 1.29 is 9.47 Å². The van der Waals surface area contributed by atoms with Gasteiger partial charge in [0.05, 0.1) is 24.4 Å². The first kappa shape index (κ1) is 14.6. The van der Waals surface area contributed by atoms with Gasteiger partial charge in [0.15, 0.2) is 11.5 Å². The molecule has 22 heavy (non-hydrogen) atoms. The number of fused-ring (bicyclic) bond motifs is 1. The van der Waals surface area contributed by atoms with E-state index >= 15 is 0 Å². The summed E-state index contributed by atoms with van der Waals surface area (Å²) in [6.07, 6.45) is 4.02. The molecule has 3 aromatic rings. The first-order chi connectivity index (χ1) is 10.7. The van der Waals surface area contributed by atoms with Gasteiger partial charge in [-0.3, -0.25) is 0 Å². The van der Waals surface area contributed by atoms with Gasteiger partial charge in [0, 0.05) is 5.56 Å². The monoisotopic (exact) mass is 311 g/mol. The van der Waals surface area contributed by atoms with E-state index in [1.807, 2.05) is 30.4 Å². The number of rotatable bonds is 4. The molecule has 1 aromatic heterocycles. The highest BCUT2D eigenvalue weighted by molar-refractivity contribution is 7.19. The predicted octanol–water partition coefficient (Wildman–Crippen LogP) is 4.79. The number of hydrogen-bond donors (Lipinski definition) is 0. The summed E-state index contributed by atoms with van der Waals surface area (Å²) in [6, 6.07) is 12.2. The van der Waals surface area contributed by atoms with Crippen molar-refractivity contribution in [1.29, 1.82) is 0 Å². The van der Waals surface area contributed by atoms with Crippen LogP contribution in [0.4, 0.5) is 0 Å². The van der Waals surface area contributed by atoms with Crippen LogP contribution in [0.15, 0.2) is 36.4 Å². The maximum absolute atomic E-state index is 5.44.